The van der Waals surface area contributed by atoms with Crippen molar-refractivity contribution in [2.24, 2.45) is 5.92 Å². The molecule has 0 fully saturated rings. The van der Waals surface area contributed by atoms with Gasteiger partial charge in [-0.3, -0.25) is 14.4 Å². The van der Waals surface area contributed by atoms with Gasteiger partial charge in [-0.15, -0.1) is 0 Å². The molecular weight excluding hydrogens is 464 g/mol. The fourth-order valence-corrected chi connectivity index (χ4v) is 3.46. The Bertz CT molecular complexity index is 1090. The Morgan fingerprint density at radius 3 is 2.36 bits per heavy atom. The summed E-state index contributed by atoms with van der Waals surface area (Å²) in [5.74, 6) is -1.15. The first-order valence-corrected chi connectivity index (χ1v) is 11.7. The van der Waals surface area contributed by atoms with Gasteiger partial charge in [0.2, 0.25) is 11.8 Å². The summed E-state index contributed by atoms with van der Waals surface area (Å²) in [7, 11) is 1.46. The van der Waals surface area contributed by atoms with Gasteiger partial charge < -0.3 is 30.7 Å². The molecule has 0 heterocycles. The third-order valence-corrected chi connectivity index (χ3v) is 5.24. The Balaban J connectivity index is 1.94. The second-order valence-electron chi connectivity index (χ2n) is 8.76. The molecule has 194 valence electrons. The van der Waals surface area contributed by atoms with Crippen LogP contribution in [-0.4, -0.2) is 60.6 Å². The van der Waals surface area contributed by atoms with Crippen LogP contribution < -0.4 is 20.7 Å². The maximum atomic E-state index is 12.5. The van der Waals surface area contributed by atoms with Gasteiger partial charge in [0, 0.05) is 18.8 Å². The summed E-state index contributed by atoms with van der Waals surface area (Å²) in [4.78, 5) is 49.7. The Kier molecular flexibility index (Phi) is 10.7. The molecule has 0 unspecified atom stereocenters. The molecule has 0 aliphatic rings. The molecule has 0 atom stereocenters. The van der Waals surface area contributed by atoms with Gasteiger partial charge >= 0.3 is 12.0 Å². The SMILES string of the molecule is COc1cc(CC(=O)NCC(=O)N(CCC(=O)O)CC(C)C)ccc1NC(=O)Nc1ccccc1C. The van der Waals surface area contributed by atoms with E-state index in [-0.39, 0.29) is 43.7 Å². The average molecular weight is 499 g/mol. The van der Waals surface area contributed by atoms with Crippen molar-refractivity contribution in [3.05, 3.63) is 53.6 Å². The molecule has 10 nitrogen and oxygen atoms in total. The van der Waals surface area contributed by atoms with Gasteiger partial charge in [0.25, 0.3) is 0 Å². The van der Waals surface area contributed by atoms with Gasteiger partial charge in [0.15, 0.2) is 0 Å². The Hall–Kier alpha value is -4.08. The van der Waals surface area contributed by atoms with Gasteiger partial charge in [-0.2, -0.15) is 0 Å². The second-order valence-corrected chi connectivity index (χ2v) is 8.76. The van der Waals surface area contributed by atoms with Crippen molar-refractivity contribution < 1.29 is 29.0 Å². The van der Waals surface area contributed by atoms with E-state index in [1.54, 1.807) is 24.3 Å². The third kappa shape index (κ3) is 9.28. The summed E-state index contributed by atoms with van der Waals surface area (Å²) in [5, 5.41) is 17.0. The molecule has 2 aromatic rings. The molecule has 4 amide bonds. The second kappa shape index (κ2) is 13.7. The first-order valence-electron chi connectivity index (χ1n) is 11.7. The van der Waals surface area contributed by atoms with Gasteiger partial charge in [-0.05, 0) is 42.2 Å². The number of carboxylic acids is 1. The van der Waals surface area contributed by atoms with E-state index in [4.69, 9.17) is 9.84 Å². The fourth-order valence-electron chi connectivity index (χ4n) is 3.46. The highest BCUT2D eigenvalue weighted by Crippen LogP contribution is 2.26. The summed E-state index contributed by atoms with van der Waals surface area (Å²) < 4.78 is 5.37. The molecule has 0 spiro atoms. The van der Waals surface area contributed by atoms with Crippen LogP contribution in [0.4, 0.5) is 16.2 Å². The number of hydrogen-bond donors (Lipinski definition) is 4. The number of carboxylic acid groups (broad SMARTS) is 1. The Morgan fingerprint density at radius 2 is 1.72 bits per heavy atom. The lowest BCUT2D eigenvalue weighted by molar-refractivity contribution is -0.139. The number of amides is 4. The van der Waals surface area contributed by atoms with Crippen molar-refractivity contribution in [1.82, 2.24) is 10.2 Å². The predicted molar refractivity (Wildman–Crippen MR) is 137 cm³/mol. The van der Waals surface area contributed by atoms with Gasteiger partial charge in [-0.25, -0.2) is 4.79 Å². The number of para-hydroxylation sites is 1. The highest BCUT2D eigenvalue weighted by molar-refractivity contribution is 6.01. The number of rotatable bonds is 12. The number of urea groups is 1. The lowest BCUT2D eigenvalue weighted by atomic mass is 10.1. The van der Waals surface area contributed by atoms with Gasteiger partial charge in [-0.1, -0.05) is 38.1 Å². The zero-order chi connectivity index (χ0) is 26.7. The van der Waals surface area contributed by atoms with E-state index >= 15 is 0 Å². The zero-order valence-electron chi connectivity index (χ0n) is 21.1. The van der Waals surface area contributed by atoms with Crippen LogP contribution >= 0.6 is 0 Å². The van der Waals surface area contributed by atoms with E-state index in [1.165, 1.54) is 12.0 Å². The topological polar surface area (TPSA) is 137 Å². The first-order chi connectivity index (χ1) is 17.1. The number of aryl methyl sites for hydroxylation is 1. The van der Waals surface area contributed by atoms with Crippen molar-refractivity contribution in [3.8, 4) is 5.75 Å². The largest absolute Gasteiger partial charge is 0.495 e. The molecule has 0 bridgehead atoms. The number of nitrogens with zero attached hydrogens (tertiary/aromatic N) is 1. The summed E-state index contributed by atoms with van der Waals surface area (Å²) in [6.07, 6.45) is -0.159. The van der Waals surface area contributed by atoms with Crippen molar-refractivity contribution in [2.75, 3.05) is 37.4 Å². The fraction of sp³-hybridized carbons (Fsp3) is 0.385. The minimum Gasteiger partial charge on any atom is -0.495 e. The molecule has 0 aliphatic carbocycles. The molecular formula is C26H34N4O6. The van der Waals surface area contributed by atoms with E-state index in [0.29, 0.717) is 29.2 Å². The average Bonchev–Trinajstić information content (AvgIpc) is 2.82. The Labute approximate surface area is 211 Å². The standard InChI is InChI=1S/C26H34N4O6/c1-17(2)16-30(12-11-25(33)34)24(32)15-27-23(31)14-19-9-10-21(22(13-19)36-4)29-26(35)28-20-8-6-5-7-18(20)3/h5-10,13,17H,11-12,14-16H2,1-4H3,(H,27,31)(H,33,34)(H2,28,29,35). The van der Waals surface area contributed by atoms with Crippen LogP contribution in [-0.2, 0) is 20.8 Å². The maximum Gasteiger partial charge on any atom is 0.323 e. The van der Waals surface area contributed by atoms with Crippen LogP contribution in [0.1, 0.15) is 31.4 Å². The number of carbonyl (C=O) groups is 4. The highest BCUT2D eigenvalue weighted by Gasteiger charge is 2.17. The van der Waals surface area contributed by atoms with E-state index < -0.39 is 12.0 Å². The quantitative estimate of drug-likeness (QED) is 0.355. The number of benzene rings is 2. The molecule has 36 heavy (non-hydrogen) atoms. The molecule has 2 rings (SSSR count). The van der Waals surface area contributed by atoms with Crippen LogP contribution in [0.5, 0.6) is 5.75 Å². The van der Waals surface area contributed by atoms with Crippen molar-refractivity contribution in [1.29, 1.82) is 0 Å². The first kappa shape index (κ1) is 28.2. The summed E-state index contributed by atoms with van der Waals surface area (Å²) in [5.41, 5.74) is 2.68. The van der Waals surface area contributed by atoms with E-state index in [1.807, 2.05) is 39.0 Å². The number of nitrogens with one attached hydrogen (secondary N) is 3. The van der Waals surface area contributed by atoms with Crippen molar-refractivity contribution in [3.63, 3.8) is 0 Å². The minimum absolute atomic E-state index is 0.00136. The molecule has 4 N–H and O–H groups in total. The molecule has 0 aromatic heterocycles. The number of aliphatic carboxylic acids is 1. The van der Waals surface area contributed by atoms with E-state index in [0.717, 1.165) is 5.56 Å². The number of carbonyl (C=O) groups excluding carboxylic acids is 3. The number of ether oxygens (including phenoxy) is 1. The van der Waals surface area contributed by atoms with Gasteiger partial charge in [0.1, 0.15) is 5.75 Å². The van der Waals surface area contributed by atoms with Crippen LogP contribution in [0.3, 0.4) is 0 Å². The highest BCUT2D eigenvalue weighted by atomic mass is 16.5. The smallest absolute Gasteiger partial charge is 0.323 e. The van der Waals surface area contributed by atoms with E-state index in [9.17, 15) is 19.2 Å². The molecule has 0 radical (unpaired) electrons. The molecule has 2 aromatic carbocycles. The number of hydrogen-bond acceptors (Lipinski definition) is 5. The molecule has 0 saturated carbocycles. The molecule has 0 aliphatic heterocycles. The van der Waals surface area contributed by atoms with Crippen LogP contribution in [0.2, 0.25) is 0 Å². The lowest BCUT2D eigenvalue weighted by Gasteiger charge is -2.24. The summed E-state index contributed by atoms with van der Waals surface area (Å²) in [6, 6.07) is 11.9. The van der Waals surface area contributed by atoms with Gasteiger partial charge in [0.05, 0.1) is 32.2 Å². The van der Waals surface area contributed by atoms with Crippen LogP contribution in [0, 0.1) is 12.8 Å². The number of methoxy groups -OCH3 is 1. The predicted octanol–water partition coefficient (Wildman–Crippen LogP) is 3.27. The Morgan fingerprint density at radius 1 is 1.03 bits per heavy atom. The molecule has 10 heteroatoms. The normalized spacial score (nSPS) is 10.5. The lowest BCUT2D eigenvalue weighted by Crippen LogP contribution is -2.43. The number of anilines is 2. The van der Waals surface area contributed by atoms with Crippen LogP contribution in [0.15, 0.2) is 42.5 Å². The zero-order valence-corrected chi connectivity index (χ0v) is 21.1. The summed E-state index contributed by atoms with van der Waals surface area (Å²) in [6.45, 7) is 6.02. The molecule has 0 saturated heterocycles. The maximum absolute atomic E-state index is 12.5. The van der Waals surface area contributed by atoms with Crippen LogP contribution in [0.25, 0.3) is 0 Å². The van der Waals surface area contributed by atoms with Crippen molar-refractivity contribution in [2.45, 2.75) is 33.6 Å². The summed E-state index contributed by atoms with van der Waals surface area (Å²) >= 11 is 0. The monoisotopic (exact) mass is 498 g/mol. The van der Waals surface area contributed by atoms with E-state index in [2.05, 4.69) is 16.0 Å². The van der Waals surface area contributed by atoms with Crippen molar-refractivity contribution >= 4 is 35.2 Å². The minimum atomic E-state index is -0.986. The third-order valence-electron chi connectivity index (χ3n) is 5.24.